The summed E-state index contributed by atoms with van der Waals surface area (Å²) in [6, 6.07) is 0. The molecule has 0 bridgehead atoms. The van der Waals surface area contributed by atoms with Crippen molar-refractivity contribution < 1.29 is 28.6 Å². The predicted octanol–water partition coefficient (Wildman–Crippen LogP) is 23.4. The Hall–Kier alpha value is -5.23. The second-order valence-electron chi connectivity index (χ2n) is 21.6. The molecule has 0 aromatic carbocycles. The van der Waals surface area contributed by atoms with E-state index in [0.29, 0.717) is 19.3 Å². The van der Waals surface area contributed by atoms with Gasteiger partial charge in [0.1, 0.15) is 13.2 Å². The number of hydrogen-bond donors (Lipinski definition) is 0. The molecule has 0 saturated heterocycles. The number of hydrogen-bond acceptors (Lipinski definition) is 6. The molecule has 1 atom stereocenters. The van der Waals surface area contributed by atoms with Crippen molar-refractivity contribution in [3.63, 3.8) is 0 Å². The molecule has 0 fully saturated rings. The van der Waals surface area contributed by atoms with E-state index in [9.17, 15) is 14.4 Å². The number of rotatable bonds is 59. The normalized spacial score (nSPS) is 13.2. The fraction of sp³-hybridized carbons (Fsp3) is 0.597. The van der Waals surface area contributed by atoms with Gasteiger partial charge in [0.2, 0.25) is 0 Å². The molecule has 0 rings (SSSR count). The second-order valence-corrected chi connectivity index (χ2v) is 21.6. The molecular formula is C77H122O6. The molecule has 0 aliphatic rings. The smallest absolute Gasteiger partial charge is 0.306 e. The molecule has 0 N–H and O–H groups in total. The lowest BCUT2D eigenvalue weighted by Crippen LogP contribution is -2.30. The molecule has 0 amide bonds. The summed E-state index contributed by atoms with van der Waals surface area (Å²) in [4.78, 5) is 38.5. The van der Waals surface area contributed by atoms with Crippen LogP contribution in [0.25, 0.3) is 0 Å². The quantitative estimate of drug-likeness (QED) is 0.0261. The van der Waals surface area contributed by atoms with E-state index in [2.05, 4.69) is 191 Å². The lowest BCUT2D eigenvalue weighted by molar-refractivity contribution is -0.167. The zero-order chi connectivity index (χ0) is 59.9. The molecule has 6 heteroatoms. The van der Waals surface area contributed by atoms with Crippen LogP contribution < -0.4 is 0 Å². The Morgan fingerprint density at radius 3 is 0.675 bits per heavy atom. The van der Waals surface area contributed by atoms with Crippen LogP contribution >= 0.6 is 0 Å². The van der Waals surface area contributed by atoms with Gasteiger partial charge in [0.05, 0.1) is 0 Å². The van der Waals surface area contributed by atoms with Gasteiger partial charge in [0.25, 0.3) is 0 Å². The monoisotopic (exact) mass is 1140 g/mol. The van der Waals surface area contributed by atoms with Gasteiger partial charge in [-0.3, -0.25) is 14.4 Å². The third-order valence-electron chi connectivity index (χ3n) is 13.7. The summed E-state index contributed by atoms with van der Waals surface area (Å²) in [6.45, 7) is 6.28. The maximum atomic E-state index is 13.0. The van der Waals surface area contributed by atoms with E-state index in [1.165, 1.54) is 57.8 Å². The van der Waals surface area contributed by atoms with Gasteiger partial charge in [0, 0.05) is 19.3 Å². The number of carbonyl (C=O) groups is 3. The summed E-state index contributed by atoms with van der Waals surface area (Å²) >= 11 is 0. The van der Waals surface area contributed by atoms with E-state index in [0.717, 1.165) is 180 Å². The van der Waals surface area contributed by atoms with Crippen molar-refractivity contribution in [1.29, 1.82) is 0 Å². The number of unbranched alkanes of at least 4 members (excludes halogenated alkanes) is 20. The molecule has 6 nitrogen and oxygen atoms in total. The van der Waals surface area contributed by atoms with Crippen LogP contribution in [-0.2, 0) is 28.6 Å². The van der Waals surface area contributed by atoms with Crippen molar-refractivity contribution in [3.05, 3.63) is 170 Å². The molecule has 0 aliphatic carbocycles. The van der Waals surface area contributed by atoms with E-state index in [1.807, 2.05) is 0 Å². The molecule has 0 saturated carbocycles. The summed E-state index contributed by atoms with van der Waals surface area (Å²) in [5.74, 6) is -0.936. The third kappa shape index (κ3) is 67.4. The van der Waals surface area contributed by atoms with Crippen molar-refractivity contribution >= 4 is 17.9 Å². The van der Waals surface area contributed by atoms with Gasteiger partial charge in [-0.1, -0.05) is 281 Å². The maximum absolute atomic E-state index is 13.0. The fourth-order valence-electron chi connectivity index (χ4n) is 8.78. The Bertz CT molecular complexity index is 1890. The molecule has 0 spiro atoms. The first-order chi connectivity index (χ1) is 41.0. The van der Waals surface area contributed by atoms with E-state index < -0.39 is 6.10 Å². The fourth-order valence-corrected chi connectivity index (χ4v) is 8.78. The van der Waals surface area contributed by atoms with Gasteiger partial charge in [0.15, 0.2) is 6.10 Å². The summed E-state index contributed by atoms with van der Waals surface area (Å²) in [5, 5.41) is 0. The van der Waals surface area contributed by atoms with E-state index >= 15 is 0 Å². The Morgan fingerprint density at radius 1 is 0.241 bits per heavy atom. The number of esters is 3. The Labute approximate surface area is 511 Å². The molecule has 0 aromatic rings. The van der Waals surface area contributed by atoms with Crippen LogP contribution in [0.3, 0.4) is 0 Å². The largest absolute Gasteiger partial charge is 0.462 e. The van der Waals surface area contributed by atoms with Gasteiger partial charge >= 0.3 is 17.9 Å². The van der Waals surface area contributed by atoms with E-state index in [4.69, 9.17) is 14.2 Å². The maximum Gasteiger partial charge on any atom is 0.306 e. The highest BCUT2D eigenvalue weighted by atomic mass is 16.6. The van der Waals surface area contributed by atoms with Crippen molar-refractivity contribution in [2.75, 3.05) is 13.2 Å². The van der Waals surface area contributed by atoms with E-state index in [1.54, 1.807) is 0 Å². The SMILES string of the molecule is CC/C=C\C/C=C\C/C=C\C/C=C\C/C=C\C/C=C\CCCCCCCCC(=O)OCC(COC(=O)CCCCCCCCC/C=C\C/C=C\C/C=C\CC)OC(=O)CCCCCCCCC/C=C\C/C=C\C/C=C\C/C=C\C/C=C\CC. The first kappa shape index (κ1) is 77.8. The molecule has 0 radical (unpaired) electrons. The minimum atomic E-state index is -0.807. The lowest BCUT2D eigenvalue weighted by Gasteiger charge is -2.18. The lowest BCUT2D eigenvalue weighted by atomic mass is 10.1. The van der Waals surface area contributed by atoms with Crippen molar-refractivity contribution in [3.8, 4) is 0 Å². The highest BCUT2D eigenvalue weighted by molar-refractivity contribution is 5.71. The minimum absolute atomic E-state index is 0.100. The van der Waals surface area contributed by atoms with Crippen molar-refractivity contribution in [2.24, 2.45) is 0 Å². The average Bonchev–Trinajstić information content (AvgIpc) is 3.49. The van der Waals surface area contributed by atoms with Gasteiger partial charge in [-0.25, -0.2) is 0 Å². The van der Waals surface area contributed by atoms with Crippen LogP contribution in [0, 0.1) is 0 Å². The molecule has 1 unspecified atom stereocenters. The Kier molecular flexibility index (Phi) is 64.9. The van der Waals surface area contributed by atoms with Crippen LogP contribution in [0.2, 0.25) is 0 Å². The standard InChI is InChI=1S/C77H122O6/c1-4-7-10-13-16-19-22-25-28-31-33-35-37-38-40-41-43-46-49-52-55-58-61-64-67-70-76(79)82-73-74(72-81-75(78)69-66-63-60-57-54-51-48-45-30-27-24-21-18-15-12-9-6-3)83-77(80)71-68-65-62-59-56-53-50-47-44-42-39-36-34-32-29-26-23-20-17-14-11-8-5-2/h7-12,16-21,25-30,33-36,38,40,42-44,46,74H,4-6,13-15,22-24,31-32,37,39,41,45,47-73H2,1-3H3/b10-7-,11-8-,12-9-,19-16-,20-17-,21-18-,28-25-,29-26-,30-27-,35-33-,36-34-,40-38-,44-42-,46-43-. The topological polar surface area (TPSA) is 78.9 Å². The molecular weight excluding hydrogens is 1020 g/mol. The highest BCUT2D eigenvalue weighted by Crippen LogP contribution is 2.15. The number of ether oxygens (including phenoxy) is 3. The zero-order valence-electron chi connectivity index (χ0n) is 53.4. The van der Waals surface area contributed by atoms with E-state index in [-0.39, 0.29) is 31.1 Å². The predicted molar refractivity (Wildman–Crippen MR) is 361 cm³/mol. The summed E-state index contributed by atoms with van der Waals surface area (Å²) in [5.41, 5.74) is 0. The molecule has 83 heavy (non-hydrogen) atoms. The van der Waals surface area contributed by atoms with Gasteiger partial charge in [-0.15, -0.1) is 0 Å². The minimum Gasteiger partial charge on any atom is -0.462 e. The second kappa shape index (κ2) is 69.3. The van der Waals surface area contributed by atoms with Crippen LogP contribution in [-0.4, -0.2) is 37.2 Å². The molecule has 0 aliphatic heterocycles. The highest BCUT2D eigenvalue weighted by Gasteiger charge is 2.19. The summed E-state index contributed by atoms with van der Waals surface area (Å²) in [6.07, 6.45) is 102. The molecule has 466 valence electrons. The van der Waals surface area contributed by atoms with Gasteiger partial charge < -0.3 is 14.2 Å². The van der Waals surface area contributed by atoms with Crippen LogP contribution in [0.4, 0.5) is 0 Å². The average molecular weight is 1140 g/mol. The molecule has 0 aromatic heterocycles. The third-order valence-corrected chi connectivity index (χ3v) is 13.7. The van der Waals surface area contributed by atoms with Gasteiger partial charge in [-0.2, -0.15) is 0 Å². The first-order valence-electron chi connectivity index (χ1n) is 33.6. The number of allylic oxidation sites excluding steroid dienone is 28. The van der Waals surface area contributed by atoms with Gasteiger partial charge in [-0.05, 0) is 148 Å². The summed E-state index contributed by atoms with van der Waals surface area (Å²) in [7, 11) is 0. The molecule has 0 heterocycles. The van der Waals surface area contributed by atoms with Crippen molar-refractivity contribution in [1.82, 2.24) is 0 Å². The first-order valence-corrected chi connectivity index (χ1v) is 33.6. The van der Waals surface area contributed by atoms with Crippen LogP contribution in [0.15, 0.2) is 170 Å². The number of carbonyl (C=O) groups excluding carboxylic acids is 3. The summed E-state index contributed by atoms with van der Waals surface area (Å²) < 4.78 is 16.9. The van der Waals surface area contributed by atoms with Crippen LogP contribution in [0.5, 0.6) is 0 Å². The Balaban J connectivity index is 4.48. The zero-order valence-corrected chi connectivity index (χ0v) is 53.4. The van der Waals surface area contributed by atoms with Crippen LogP contribution in [0.1, 0.15) is 278 Å². The Morgan fingerprint density at radius 2 is 0.434 bits per heavy atom. The van der Waals surface area contributed by atoms with Crippen molar-refractivity contribution in [2.45, 2.75) is 284 Å².